The van der Waals surface area contributed by atoms with E-state index in [0.29, 0.717) is 41.0 Å². The molecule has 8 heteroatoms. The first-order chi connectivity index (χ1) is 15.5. The van der Waals surface area contributed by atoms with Gasteiger partial charge in [-0.25, -0.2) is 0 Å². The zero-order valence-corrected chi connectivity index (χ0v) is 19.2. The first-order valence-electron chi connectivity index (χ1n) is 10.6. The summed E-state index contributed by atoms with van der Waals surface area (Å²) in [7, 11) is 4.77. The summed E-state index contributed by atoms with van der Waals surface area (Å²) in [4.78, 5) is 29.8. The Labute approximate surface area is 192 Å². The Kier molecular flexibility index (Phi) is 6.46. The predicted molar refractivity (Wildman–Crippen MR) is 122 cm³/mol. The van der Waals surface area contributed by atoms with Gasteiger partial charge < -0.3 is 24.0 Å². The van der Waals surface area contributed by atoms with Crippen LogP contribution in [0.5, 0.6) is 17.2 Å². The minimum absolute atomic E-state index is 0.0118. The highest BCUT2D eigenvalue weighted by atomic mass is 35.5. The van der Waals surface area contributed by atoms with Crippen LogP contribution >= 0.6 is 11.6 Å². The van der Waals surface area contributed by atoms with Crippen molar-refractivity contribution < 1.29 is 23.8 Å². The molecule has 2 heterocycles. The summed E-state index contributed by atoms with van der Waals surface area (Å²) >= 11 is 6.15. The Morgan fingerprint density at radius 3 is 2.53 bits per heavy atom. The van der Waals surface area contributed by atoms with Crippen molar-refractivity contribution >= 4 is 29.1 Å². The van der Waals surface area contributed by atoms with E-state index in [1.807, 2.05) is 23.1 Å². The number of rotatable bonds is 6. The first-order valence-corrected chi connectivity index (χ1v) is 11.0. The molecule has 2 unspecified atom stereocenters. The van der Waals surface area contributed by atoms with Gasteiger partial charge in [0.2, 0.25) is 11.8 Å². The van der Waals surface area contributed by atoms with Crippen molar-refractivity contribution in [1.29, 1.82) is 0 Å². The van der Waals surface area contributed by atoms with E-state index in [-0.39, 0.29) is 24.3 Å². The topological polar surface area (TPSA) is 68.3 Å². The molecule has 4 rings (SSSR count). The molecule has 2 aromatic rings. The molecule has 7 nitrogen and oxygen atoms in total. The van der Waals surface area contributed by atoms with E-state index in [9.17, 15) is 9.59 Å². The molecule has 2 saturated heterocycles. The van der Waals surface area contributed by atoms with Crippen molar-refractivity contribution in [2.75, 3.05) is 39.3 Å². The van der Waals surface area contributed by atoms with Crippen molar-refractivity contribution in [3.63, 3.8) is 0 Å². The lowest BCUT2D eigenvalue weighted by atomic mass is 10.0. The number of hydrogen-bond donors (Lipinski definition) is 0. The lowest BCUT2D eigenvalue weighted by molar-refractivity contribution is -0.136. The Hall–Kier alpha value is -2.93. The van der Waals surface area contributed by atoms with E-state index in [4.69, 9.17) is 25.8 Å². The fourth-order valence-electron chi connectivity index (χ4n) is 4.66. The van der Waals surface area contributed by atoms with Crippen LogP contribution in [-0.4, -0.2) is 51.1 Å². The number of nitrogens with zero attached hydrogens (tertiary/aromatic N) is 2. The summed E-state index contributed by atoms with van der Waals surface area (Å²) in [6, 6.07) is 10.7. The van der Waals surface area contributed by atoms with Gasteiger partial charge in [-0.15, -0.1) is 0 Å². The molecule has 2 fully saturated rings. The number of ether oxygens (including phenoxy) is 3. The number of hydrogen-bond acceptors (Lipinski definition) is 5. The van der Waals surface area contributed by atoms with Crippen molar-refractivity contribution in [2.24, 2.45) is 5.92 Å². The molecule has 0 aromatic heterocycles. The van der Waals surface area contributed by atoms with Crippen LogP contribution in [0.4, 0.5) is 5.69 Å². The van der Waals surface area contributed by atoms with Crippen LogP contribution in [0.1, 0.15) is 30.9 Å². The minimum Gasteiger partial charge on any atom is -0.497 e. The highest BCUT2D eigenvalue weighted by Gasteiger charge is 2.41. The average Bonchev–Trinajstić information content (AvgIpc) is 3.45. The number of benzene rings is 2. The van der Waals surface area contributed by atoms with E-state index in [0.717, 1.165) is 18.4 Å². The smallest absolute Gasteiger partial charge is 0.228 e. The van der Waals surface area contributed by atoms with E-state index in [1.165, 1.54) is 0 Å². The monoisotopic (exact) mass is 458 g/mol. The van der Waals surface area contributed by atoms with Crippen molar-refractivity contribution in [2.45, 2.75) is 25.3 Å². The average molecular weight is 459 g/mol. The van der Waals surface area contributed by atoms with Crippen LogP contribution in [0, 0.1) is 5.92 Å². The fraction of sp³-hybridized carbons (Fsp3) is 0.417. The summed E-state index contributed by atoms with van der Waals surface area (Å²) in [5, 5.41) is 0.509. The maximum atomic E-state index is 13.5. The second-order valence-electron chi connectivity index (χ2n) is 8.02. The molecule has 2 aliphatic rings. The van der Waals surface area contributed by atoms with Gasteiger partial charge in [-0.3, -0.25) is 9.59 Å². The van der Waals surface area contributed by atoms with Gasteiger partial charge in [-0.1, -0.05) is 11.6 Å². The lowest BCUT2D eigenvalue weighted by Gasteiger charge is -2.29. The molecule has 2 aromatic carbocycles. The number of halogens is 1. The van der Waals surface area contributed by atoms with Crippen LogP contribution in [0.15, 0.2) is 36.4 Å². The second kappa shape index (κ2) is 9.28. The summed E-state index contributed by atoms with van der Waals surface area (Å²) < 4.78 is 16.3. The van der Waals surface area contributed by atoms with Gasteiger partial charge in [0.15, 0.2) is 0 Å². The van der Waals surface area contributed by atoms with Crippen LogP contribution in [0.3, 0.4) is 0 Å². The molecule has 170 valence electrons. The fourth-order valence-corrected chi connectivity index (χ4v) is 4.83. The highest BCUT2D eigenvalue weighted by molar-refractivity contribution is 6.31. The standard InChI is InChI=1S/C24H27ClN2O5/c1-30-17-7-8-18(22(13-17)32-3)19-5-4-10-26(19)24(29)15-11-23(28)27(14-15)20-12-16(25)6-9-21(20)31-2/h6-9,12-13,15,19H,4-5,10-11,14H2,1-3H3. The molecule has 32 heavy (non-hydrogen) atoms. The third-order valence-corrected chi connectivity index (χ3v) is 6.48. The third kappa shape index (κ3) is 4.09. The van der Waals surface area contributed by atoms with Gasteiger partial charge in [0, 0.05) is 36.2 Å². The molecule has 0 bridgehead atoms. The summed E-state index contributed by atoms with van der Waals surface area (Å²) in [5.41, 5.74) is 1.55. The van der Waals surface area contributed by atoms with Gasteiger partial charge >= 0.3 is 0 Å². The number of carbonyl (C=O) groups is 2. The van der Waals surface area contributed by atoms with E-state index in [1.54, 1.807) is 44.4 Å². The van der Waals surface area contributed by atoms with Crippen LogP contribution in [-0.2, 0) is 9.59 Å². The number of methoxy groups -OCH3 is 3. The number of anilines is 1. The molecule has 0 radical (unpaired) electrons. The SMILES string of the molecule is COc1ccc(C2CCCN2C(=O)C2CC(=O)N(c3cc(Cl)ccc3OC)C2)c(OC)c1. The Bertz CT molecular complexity index is 1030. The number of likely N-dealkylation sites (tertiary alicyclic amines) is 1. The minimum atomic E-state index is -0.420. The van der Waals surface area contributed by atoms with Crippen LogP contribution in [0.2, 0.25) is 5.02 Å². The van der Waals surface area contributed by atoms with Crippen molar-refractivity contribution in [1.82, 2.24) is 4.90 Å². The van der Waals surface area contributed by atoms with Gasteiger partial charge in [0.1, 0.15) is 17.2 Å². The van der Waals surface area contributed by atoms with Crippen LogP contribution < -0.4 is 19.1 Å². The zero-order chi connectivity index (χ0) is 22.8. The Balaban J connectivity index is 1.56. The largest absolute Gasteiger partial charge is 0.497 e. The molecule has 2 aliphatic heterocycles. The van der Waals surface area contributed by atoms with E-state index >= 15 is 0 Å². The third-order valence-electron chi connectivity index (χ3n) is 6.24. The molecule has 0 aliphatic carbocycles. The van der Waals surface area contributed by atoms with Gasteiger partial charge in [0.25, 0.3) is 0 Å². The molecule has 2 atom stereocenters. The van der Waals surface area contributed by atoms with Gasteiger partial charge in [-0.05, 0) is 43.2 Å². The van der Waals surface area contributed by atoms with Gasteiger partial charge in [-0.2, -0.15) is 0 Å². The predicted octanol–water partition coefficient (Wildman–Crippen LogP) is 4.08. The Morgan fingerprint density at radius 1 is 1.03 bits per heavy atom. The molecule has 2 amide bonds. The quantitative estimate of drug-likeness (QED) is 0.652. The summed E-state index contributed by atoms with van der Waals surface area (Å²) in [6.45, 7) is 0.960. The van der Waals surface area contributed by atoms with Gasteiger partial charge in [0.05, 0.1) is 39.0 Å². The normalized spacial score (nSPS) is 20.6. The van der Waals surface area contributed by atoms with Crippen molar-refractivity contribution in [3.8, 4) is 17.2 Å². The van der Waals surface area contributed by atoms with Crippen molar-refractivity contribution in [3.05, 3.63) is 47.0 Å². The molecule has 0 spiro atoms. The van der Waals surface area contributed by atoms with Crippen LogP contribution in [0.25, 0.3) is 0 Å². The van der Waals surface area contributed by atoms with E-state index < -0.39 is 5.92 Å². The molecular weight excluding hydrogens is 432 g/mol. The molecule has 0 N–H and O–H groups in total. The van der Waals surface area contributed by atoms with E-state index in [2.05, 4.69) is 0 Å². The number of amides is 2. The Morgan fingerprint density at radius 2 is 1.81 bits per heavy atom. The molecule has 0 saturated carbocycles. The summed E-state index contributed by atoms with van der Waals surface area (Å²) in [5.74, 6) is 1.41. The number of carbonyl (C=O) groups excluding carboxylic acids is 2. The molecular formula is C24H27ClN2O5. The maximum Gasteiger partial charge on any atom is 0.228 e. The lowest BCUT2D eigenvalue weighted by Crippen LogP contribution is -2.37. The second-order valence-corrected chi connectivity index (χ2v) is 8.46. The first kappa shape index (κ1) is 22.3. The zero-order valence-electron chi connectivity index (χ0n) is 18.5. The summed E-state index contributed by atoms with van der Waals surface area (Å²) in [6.07, 6.45) is 1.91. The highest BCUT2D eigenvalue weighted by Crippen LogP contribution is 2.41. The maximum absolute atomic E-state index is 13.5.